The molecule has 0 bridgehead atoms. The van der Waals surface area contributed by atoms with Gasteiger partial charge in [-0.05, 0) is 6.42 Å². The van der Waals surface area contributed by atoms with E-state index in [4.69, 9.17) is 4.74 Å². The predicted octanol–water partition coefficient (Wildman–Crippen LogP) is 1.95. The summed E-state index contributed by atoms with van der Waals surface area (Å²) in [6, 6.07) is 9.85. The summed E-state index contributed by atoms with van der Waals surface area (Å²) in [6.07, 6.45) is 1.36. The lowest BCUT2D eigenvalue weighted by Crippen LogP contribution is -2.30. The van der Waals surface area contributed by atoms with Crippen molar-refractivity contribution in [2.45, 2.75) is 19.1 Å². The van der Waals surface area contributed by atoms with Gasteiger partial charge in [0.2, 0.25) is 5.91 Å². The Morgan fingerprint density at radius 2 is 2.07 bits per heavy atom. The van der Waals surface area contributed by atoms with Crippen LogP contribution < -0.4 is 0 Å². The minimum atomic E-state index is -0.221. The number of nitrogens with zero attached hydrogens (tertiary/aromatic N) is 1. The summed E-state index contributed by atoms with van der Waals surface area (Å²) in [5, 5.41) is 0. The quantitative estimate of drug-likeness (QED) is 0.754. The van der Waals surface area contributed by atoms with Gasteiger partial charge in [-0.3, -0.25) is 4.79 Å². The molecule has 3 nitrogen and oxygen atoms in total. The van der Waals surface area contributed by atoms with Gasteiger partial charge < -0.3 is 9.64 Å². The summed E-state index contributed by atoms with van der Waals surface area (Å²) >= 11 is 0. The van der Waals surface area contributed by atoms with Gasteiger partial charge in [0, 0.05) is 25.6 Å². The van der Waals surface area contributed by atoms with Gasteiger partial charge in [-0.25, -0.2) is 0 Å². The number of hydrogen-bond acceptors (Lipinski definition) is 2. The van der Waals surface area contributed by atoms with Gasteiger partial charge in [-0.1, -0.05) is 30.3 Å². The van der Waals surface area contributed by atoms with Crippen molar-refractivity contribution in [3.63, 3.8) is 0 Å². The van der Waals surface area contributed by atoms with Crippen LogP contribution in [0.5, 0.6) is 0 Å². The predicted molar refractivity (Wildman–Crippen MR) is 57.1 cm³/mol. The molecule has 1 aliphatic rings. The lowest BCUT2D eigenvalue weighted by atomic mass is 10.2. The van der Waals surface area contributed by atoms with E-state index in [9.17, 15) is 4.79 Å². The Balaban J connectivity index is 2.20. The van der Waals surface area contributed by atoms with E-state index in [1.165, 1.54) is 0 Å². The normalized spacial score (nSPS) is 18.2. The van der Waals surface area contributed by atoms with Crippen LogP contribution in [0.25, 0.3) is 0 Å². The highest BCUT2D eigenvalue weighted by Gasteiger charge is 2.28. The van der Waals surface area contributed by atoms with Crippen LogP contribution in [0.3, 0.4) is 0 Å². The molecule has 1 saturated heterocycles. The maximum atomic E-state index is 11.6. The summed E-state index contributed by atoms with van der Waals surface area (Å²) in [4.78, 5) is 13.4. The molecule has 0 aliphatic carbocycles. The Kier molecular flexibility index (Phi) is 3.02. The van der Waals surface area contributed by atoms with E-state index < -0.39 is 0 Å². The van der Waals surface area contributed by atoms with Gasteiger partial charge >= 0.3 is 0 Å². The molecule has 1 aromatic rings. The van der Waals surface area contributed by atoms with Gasteiger partial charge in [0.05, 0.1) is 0 Å². The van der Waals surface area contributed by atoms with Crippen molar-refractivity contribution < 1.29 is 9.53 Å². The molecule has 1 amide bonds. The Labute approximate surface area is 89.7 Å². The second kappa shape index (κ2) is 4.45. The monoisotopic (exact) mass is 205 g/mol. The third-order valence-corrected chi connectivity index (χ3v) is 2.70. The average molecular weight is 205 g/mol. The van der Waals surface area contributed by atoms with Crippen molar-refractivity contribution in [3.8, 4) is 0 Å². The Bertz CT molecular complexity index is 337. The molecule has 1 atom stereocenters. The van der Waals surface area contributed by atoms with Crippen LogP contribution in [0, 0.1) is 0 Å². The summed E-state index contributed by atoms with van der Waals surface area (Å²) in [5.41, 5.74) is 1.04. The summed E-state index contributed by atoms with van der Waals surface area (Å²) < 4.78 is 5.40. The lowest BCUT2D eigenvalue weighted by Gasteiger charge is -2.26. The molecular weight excluding hydrogens is 190 g/mol. The minimum Gasteiger partial charge on any atom is -0.357 e. The van der Waals surface area contributed by atoms with E-state index in [0.717, 1.165) is 18.5 Å². The summed E-state index contributed by atoms with van der Waals surface area (Å²) in [7, 11) is 1.64. The molecule has 0 N–H and O–H groups in total. The zero-order chi connectivity index (χ0) is 10.7. The first-order chi connectivity index (χ1) is 7.33. The van der Waals surface area contributed by atoms with Crippen LogP contribution in [-0.4, -0.2) is 24.5 Å². The maximum Gasteiger partial charge on any atom is 0.224 e. The fourth-order valence-electron chi connectivity index (χ4n) is 1.98. The Hall–Kier alpha value is -1.35. The van der Waals surface area contributed by atoms with Crippen molar-refractivity contribution in [1.82, 2.24) is 4.90 Å². The van der Waals surface area contributed by atoms with E-state index in [1.807, 2.05) is 30.3 Å². The van der Waals surface area contributed by atoms with Gasteiger partial charge in [0.1, 0.15) is 0 Å². The zero-order valence-corrected chi connectivity index (χ0v) is 8.85. The fourth-order valence-corrected chi connectivity index (χ4v) is 1.98. The molecule has 1 fully saturated rings. The molecule has 0 radical (unpaired) electrons. The zero-order valence-electron chi connectivity index (χ0n) is 8.85. The molecular formula is C12H15NO2. The van der Waals surface area contributed by atoms with Gasteiger partial charge in [-0.15, -0.1) is 0 Å². The van der Waals surface area contributed by atoms with Crippen LogP contribution >= 0.6 is 0 Å². The molecule has 1 aromatic carbocycles. The number of ether oxygens (including phenoxy) is 1. The van der Waals surface area contributed by atoms with Crippen LogP contribution in [0.4, 0.5) is 0 Å². The number of carbonyl (C=O) groups is 1. The highest BCUT2D eigenvalue weighted by molar-refractivity contribution is 5.78. The van der Waals surface area contributed by atoms with Gasteiger partial charge in [0.15, 0.2) is 6.23 Å². The van der Waals surface area contributed by atoms with Crippen LogP contribution in [0.15, 0.2) is 30.3 Å². The van der Waals surface area contributed by atoms with E-state index >= 15 is 0 Å². The number of amides is 1. The number of benzene rings is 1. The first-order valence-corrected chi connectivity index (χ1v) is 5.20. The van der Waals surface area contributed by atoms with E-state index in [1.54, 1.807) is 12.0 Å². The van der Waals surface area contributed by atoms with E-state index in [0.29, 0.717) is 6.42 Å². The molecule has 80 valence electrons. The second-order valence-electron chi connectivity index (χ2n) is 3.69. The molecule has 1 heterocycles. The molecule has 1 unspecified atom stereocenters. The lowest BCUT2D eigenvalue weighted by molar-refractivity contribution is -0.139. The fraction of sp³-hybridized carbons (Fsp3) is 0.417. The molecule has 0 spiro atoms. The van der Waals surface area contributed by atoms with Gasteiger partial charge in [0.25, 0.3) is 0 Å². The highest BCUT2D eigenvalue weighted by Crippen LogP contribution is 2.25. The Morgan fingerprint density at radius 1 is 1.33 bits per heavy atom. The SMILES string of the molecule is COC(c1ccccc1)N1CCCC1=O. The standard InChI is InChI=1S/C12H15NO2/c1-15-12(10-6-3-2-4-7-10)13-9-5-8-11(13)14/h2-4,6-7,12H,5,8-9H2,1H3. The third kappa shape index (κ3) is 2.02. The van der Waals surface area contributed by atoms with E-state index in [-0.39, 0.29) is 12.1 Å². The van der Waals surface area contributed by atoms with Crippen LogP contribution in [0.2, 0.25) is 0 Å². The smallest absolute Gasteiger partial charge is 0.224 e. The largest absolute Gasteiger partial charge is 0.357 e. The number of carbonyl (C=O) groups excluding carboxylic acids is 1. The van der Waals surface area contributed by atoms with Crippen molar-refractivity contribution in [3.05, 3.63) is 35.9 Å². The molecule has 3 heteroatoms. The number of hydrogen-bond donors (Lipinski definition) is 0. The van der Waals surface area contributed by atoms with Crippen molar-refractivity contribution in [1.29, 1.82) is 0 Å². The number of methoxy groups -OCH3 is 1. The number of likely N-dealkylation sites (tertiary alicyclic amines) is 1. The summed E-state index contributed by atoms with van der Waals surface area (Å²) in [6.45, 7) is 0.798. The maximum absolute atomic E-state index is 11.6. The van der Waals surface area contributed by atoms with Gasteiger partial charge in [-0.2, -0.15) is 0 Å². The van der Waals surface area contributed by atoms with Crippen LogP contribution in [0.1, 0.15) is 24.6 Å². The topological polar surface area (TPSA) is 29.5 Å². The molecule has 0 saturated carbocycles. The third-order valence-electron chi connectivity index (χ3n) is 2.70. The van der Waals surface area contributed by atoms with Crippen molar-refractivity contribution in [2.24, 2.45) is 0 Å². The molecule has 2 rings (SSSR count). The minimum absolute atomic E-state index is 0.186. The van der Waals surface area contributed by atoms with Crippen molar-refractivity contribution >= 4 is 5.91 Å². The Morgan fingerprint density at radius 3 is 2.60 bits per heavy atom. The number of rotatable bonds is 3. The first-order valence-electron chi connectivity index (χ1n) is 5.20. The summed E-state index contributed by atoms with van der Waals surface area (Å²) in [5.74, 6) is 0.186. The highest BCUT2D eigenvalue weighted by atomic mass is 16.5. The molecule has 15 heavy (non-hydrogen) atoms. The van der Waals surface area contributed by atoms with Crippen molar-refractivity contribution in [2.75, 3.05) is 13.7 Å². The molecule has 0 aromatic heterocycles. The second-order valence-corrected chi connectivity index (χ2v) is 3.69. The van der Waals surface area contributed by atoms with Crippen LogP contribution in [-0.2, 0) is 9.53 Å². The van der Waals surface area contributed by atoms with E-state index in [2.05, 4.69) is 0 Å². The average Bonchev–Trinajstić information content (AvgIpc) is 2.68. The first kappa shape index (κ1) is 10.2. The molecule has 1 aliphatic heterocycles.